The fraction of sp³-hybridized carbons (Fsp3) is 0.400. The number of hydrogen-bond donors (Lipinski definition) is 2. The van der Waals surface area contributed by atoms with Gasteiger partial charge in [0.05, 0.1) is 0 Å². The Kier molecular flexibility index (Phi) is 5.68. The lowest BCUT2D eigenvalue weighted by Gasteiger charge is -2.13. The van der Waals surface area contributed by atoms with Gasteiger partial charge in [-0.05, 0) is 19.4 Å². The van der Waals surface area contributed by atoms with Crippen LogP contribution in [0.5, 0.6) is 0 Å². The molecule has 2 N–H and O–H groups in total. The number of carbonyl (C=O) groups is 1. The number of rotatable bonds is 6. The average Bonchev–Trinajstić information content (AvgIpc) is 2.96. The maximum absolute atomic E-state index is 12.4. The standard InChI is InChI=1S/C15H20N4O3S2/c1-9(2)13(20)16-14-17-18-15(23-14)24(21,22)19-11(4)12-7-5-10(3)6-8-12/h5-9,11,19H,1-4H3,(H,16,17,20)/t11-/m1/s1. The third-order valence-electron chi connectivity index (χ3n) is 3.30. The normalized spacial score (nSPS) is 13.0. The summed E-state index contributed by atoms with van der Waals surface area (Å²) in [6.07, 6.45) is 0. The Labute approximate surface area is 145 Å². The van der Waals surface area contributed by atoms with Gasteiger partial charge in [0.2, 0.25) is 15.4 Å². The fourth-order valence-electron chi connectivity index (χ4n) is 1.82. The van der Waals surface area contributed by atoms with Crippen molar-refractivity contribution in [3.63, 3.8) is 0 Å². The zero-order valence-corrected chi connectivity index (χ0v) is 15.5. The summed E-state index contributed by atoms with van der Waals surface area (Å²) in [5, 5.41) is 10.1. The van der Waals surface area contributed by atoms with Crippen molar-refractivity contribution in [3.8, 4) is 0 Å². The molecular weight excluding hydrogens is 348 g/mol. The van der Waals surface area contributed by atoms with Gasteiger partial charge in [0, 0.05) is 12.0 Å². The van der Waals surface area contributed by atoms with Crippen LogP contribution >= 0.6 is 11.3 Å². The van der Waals surface area contributed by atoms with Gasteiger partial charge in [0.25, 0.3) is 10.0 Å². The van der Waals surface area contributed by atoms with E-state index in [0.717, 1.165) is 22.5 Å². The van der Waals surface area contributed by atoms with Gasteiger partial charge in [-0.15, -0.1) is 10.2 Å². The molecular formula is C15H20N4O3S2. The van der Waals surface area contributed by atoms with Crippen LogP contribution in [0.2, 0.25) is 0 Å². The first-order valence-electron chi connectivity index (χ1n) is 7.42. The van der Waals surface area contributed by atoms with Crippen molar-refractivity contribution >= 4 is 32.4 Å². The monoisotopic (exact) mass is 368 g/mol. The number of anilines is 1. The van der Waals surface area contributed by atoms with Crippen LogP contribution in [-0.2, 0) is 14.8 Å². The highest BCUT2D eigenvalue weighted by molar-refractivity contribution is 7.91. The molecule has 24 heavy (non-hydrogen) atoms. The summed E-state index contributed by atoms with van der Waals surface area (Å²) in [6.45, 7) is 7.19. The van der Waals surface area contributed by atoms with E-state index in [2.05, 4.69) is 20.2 Å². The van der Waals surface area contributed by atoms with Crippen LogP contribution < -0.4 is 10.0 Å². The van der Waals surface area contributed by atoms with E-state index >= 15 is 0 Å². The van der Waals surface area contributed by atoms with Crippen LogP contribution in [0, 0.1) is 12.8 Å². The lowest BCUT2D eigenvalue weighted by molar-refractivity contribution is -0.118. The number of benzene rings is 1. The van der Waals surface area contributed by atoms with E-state index in [-0.39, 0.29) is 21.3 Å². The fourth-order valence-corrected chi connectivity index (χ4v) is 3.98. The minimum absolute atomic E-state index is 0.164. The number of carbonyl (C=O) groups excluding carboxylic acids is 1. The summed E-state index contributed by atoms with van der Waals surface area (Å²) in [5.41, 5.74) is 1.95. The molecule has 0 spiro atoms. The van der Waals surface area contributed by atoms with Crippen molar-refractivity contribution in [1.82, 2.24) is 14.9 Å². The lowest BCUT2D eigenvalue weighted by atomic mass is 10.1. The SMILES string of the molecule is Cc1ccc([C@@H](C)NS(=O)(=O)c2nnc(NC(=O)C(C)C)s2)cc1. The van der Waals surface area contributed by atoms with E-state index in [4.69, 9.17) is 0 Å². The Morgan fingerprint density at radius 1 is 1.12 bits per heavy atom. The molecule has 0 unspecified atom stereocenters. The van der Waals surface area contributed by atoms with Crippen LogP contribution in [0.15, 0.2) is 28.6 Å². The maximum atomic E-state index is 12.4. The average molecular weight is 368 g/mol. The molecule has 0 saturated heterocycles. The largest absolute Gasteiger partial charge is 0.300 e. The summed E-state index contributed by atoms with van der Waals surface area (Å²) < 4.78 is 27.2. The molecule has 9 heteroatoms. The van der Waals surface area contributed by atoms with Crippen LogP contribution in [0.4, 0.5) is 5.13 Å². The van der Waals surface area contributed by atoms with Crippen LogP contribution in [0.1, 0.15) is 37.9 Å². The second-order valence-electron chi connectivity index (χ2n) is 5.77. The van der Waals surface area contributed by atoms with E-state index in [0.29, 0.717) is 0 Å². The van der Waals surface area contributed by atoms with Gasteiger partial charge >= 0.3 is 0 Å². The lowest BCUT2D eigenvalue weighted by Crippen LogP contribution is -2.26. The third-order valence-corrected chi connectivity index (χ3v) is 6.05. The van der Waals surface area contributed by atoms with Gasteiger partial charge in [0.15, 0.2) is 0 Å². The summed E-state index contributed by atoms with van der Waals surface area (Å²) in [5.74, 6) is -0.468. The number of aryl methyl sites for hydroxylation is 1. The van der Waals surface area contributed by atoms with Crippen molar-refractivity contribution in [2.24, 2.45) is 5.92 Å². The first-order chi connectivity index (χ1) is 11.2. The van der Waals surface area contributed by atoms with Gasteiger partial charge in [-0.1, -0.05) is 55.0 Å². The molecule has 2 rings (SSSR count). The molecule has 1 atom stereocenters. The van der Waals surface area contributed by atoms with E-state index in [1.165, 1.54) is 0 Å². The molecule has 0 aliphatic carbocycles. The predicted octanol–water partition coefficient (Wildman–Crippen LogP) is 2.48. The number of sulfonamides is 1. The van der Waals surface area contributed by atoms with Crippen molar-refractivity contribution in [1.29, 1.82) is 0 Å². The molecule has 1 heterocycles. The summed E-state index contributed by atoms with van der Waals surface area (Å²) in [7, 11) is -3.81. The molecule has 1 amide bonds. The molecule has 130 valence electrons. The quantitative estimate of drug-likeness (QED) is 0.763. The van der Waals surface area contributed by atoms with Crippen molar-refractivity contribution < 1.29 is 13.2 Å². The molecule has 0 radical (unpaired) electrons. The van der Waals surface area contributed by atoms with Gasteiger partial charge in [-0.2, -0.15) is 0 Å². The van der Waals surface area contributed by atoms with E-state index in [1.807, 2.05) is 31.2 Å². The second kappa shape index (κ2) is 7.37. The molecule has 0 aliphatic rings. The first-order valence-corrected chi connectivity index (χ1v) is 9.72. The number of nitrogens with one attached hydrogen (secondary N) is 2. The second-order valence-corrected chi connectivity index (χ2v) is 8.64. The molecule has 2 aromatic rings. The van der Waals surface area contributed by atoms with Crippen molar-refractivity contribution in [2.45, 2.75) is 38.1 Å². The molecule has 0 bridgehead atoms. The van der Waals surface area contributed by atoms with E-state index < -0.39 is 16.1 Å². The van der Waals surface area contributed by atoms with Gasteiger partial charge in [0.1, 0.15) is 0 Å². The Morgan fingerprint density at radius 2 is 1.75 bits per heavy atom. The molecule has 0 fully saturated rings. The maximum Gasteiger partial charge on any atom is 0.270 e. The number of hydrogen-bond acceptors (Lipinski definition) is 6. The summed E-state index contributed by atoms with van der Waals surface area (Å²) in [4.78, 5) is 11.6. The van der Waals surface area contributed by atoms with E-state index in [9.17, 15) is 13.2 Å². The Morgan fingerprint density at radius 3 is 2.33 bits per heavy atom. The first kappa shape index (κ1) is 18.5. The predicted molar refractivity (Wildman–Crippen MR) is 93.3 cm³/mol. The van der Waals surface area contributed by atoms with Crippen molar-refractivity contribution in [2.75, 3.05) is 5.32 Å². The van der Waals surface area contributed by atoms with E-state index in [1.54, 1.807) is 20.8 Å². The zero-order valence-electron chi connectivity index (χ0n) is 13.9. The molecule has 7 nitrogen and oxygen atoms in total. The zero-order chi connectivity index (χ0) is 17.9. The van der Waals surface area contributed by atoms with Gasteiger partial charge in [-0.3, -0.25) is 4.79 Å². The Balaban J connectivity index is 2.11. The van der Waals surface area contributed by atoms with Crippen molar-refractivity contribution in [3.05, 3.63) is 35.4 Å². The Hall–Kier alpha value is -1.84. The summed E-state index contributed by atoms with van der Waals surface area (Å²) in [6, 6.07) is 7.18. The highest BCUT2D eigenvalue weighted by atomic mass is 32.2. The van der Waals surface area contributed by atoms with Gasteiger partial charge < -0.3 is 5.32 Å². The molecule has 0 saturated carbocycles. The third kappa shape index (κ3) is 4.59. The van der Waals surface area contributed by atoms with Crippen LogP contribution in [0.25, 0.3) is 0 Å². The number of nitrogens with zero attached hydrogens (tertiary/aromatic N) is 2. The number of aromatic nitrogens is 2. The van der Waals surface area contributed by atoms with Gasteiger partial charge in [-0.25, -0.2) is 13.1 Å². The highest BCUT2D eigenvalue weighted by Gasteiger charge is 2.24. The minimum atomic E-state index is -3.81. The topological polar surface area (TPSA) is 101 Å². The smallest absolute Gasteiger partial charge is 0.270 e. The molecule has 1 aromatic carbocycles. The Bertz CT molecular complexity index is 813. The van der Waals surface area contributed by atoms with Crippen LogP contribution in [-0.4, -0.2) is 24.5 Å². The molecule has 0 aliphatic heterocycles. The summed E-state index contributed by atoms with van der Waals surface area (Å²) >= 11 is 0.821. The highest BCUT2D eigenvalue weighted by Crippen LogP contribution is 2.23. The van der Waals surface area contributed by atoms with Crippen LogP contribution in [0.3, 0.4) is 0 Å². The number of amides is 1. The minimum Gasteiger partial charge on any atom is -0.300 e. The molecule has 1 aromatic heterocycles.